The first-order valence-corrected chi connectivity index (χ1v) is 2.90. The Balaban J connectivity index is 2.58. The number of rotatable bonds is 1. The minimum Gasteiger partial charge on any atom is -0.394 e. The SMILES string of the molecule is OC[C@H]1OC[C@@](O)(F)[C@@H]1O. The van der Waals surface area contributed by atoms with Crippen LogP contribution in [0.2, 0.25) is 0 Å². The van der Waals surface area contributed by atoms with Crippen molar-refractivity contribution in [2.75, 3.05) is 13.2 Å². The zero-order valence-electron chi connectivity index (χ0n) is 5.20. The summed E-state index contributed by atoms with van der Waals surface area (Å²) in [5.74, 6) is -2.70. The van der Waals surface area contributed by atoms with Crippen LogP contribution in [0.4, 0.5) is 4.39 Å². The van der Waals surface area contributed by atoms with Gasteiger partial charge in [0, 0.05) is 0 Å². The highest BCUT2D eigenvalue weighted by atomic mass is 19.2. The quantitative estimate of drug-likeness (QED) is 0.423. The van der Waals surface area contributed by atoms with Crippen molar-refractivity contribution in [1.82, 2.24) is 0 Å². The van der Waals surface area contributed by atoms with Crippen LogP contribution in [0.15, 0.2) is 0 Å². The summed E-state index contributed by atoms with van der Waals surface area (Å²) in [6.45, 7) is -1.08. The topological polar surface area (TPSA) is 69.9 Å². The molecule has 0 aromatic heterocycles. The molecule has 1 aliphatic heterocycles. The number of halogens is 1. The Morgan fingerprint density at radius 2 is 2.30 bits per heavy atom. The average Bonchev–Trinajstić information content (AvgIpc) is 2.10. The van der Waals surface area contributed by atoms with E-state index in [4.69, 9.17) is 15.3 Å². The number of hydrogen-bond acceptors (Lipinski definition) is 4. The molecule has 0 spiro atoms. The van der Waals surface area contributed by atoms with E-state index in [0.29, 0.717) is 0 Å². The Hall–Kier alpha value is -0.230. The third-order valence-electron chi connectivity index (χ3n) is 1.49. The highest BCUT2D eigenvalue weighted by Crippen LogP contribution is 2.25. The Labute approximate surface area is 56.9 Å². The molecule has 1 saturated heterocycles. The van der Waals surface area contributed by atoms with Gasteiger partial charge < -0.3 is 20.1 Å². The molecule has 0 aromatic carbocycles. The van der Waals surface area contributed by atoms with Gasteiger partial charge in [0.15, 0.2) is 0 Å². The lowest BCUT2D eigenvalue weighted by Gasteiger charge is -2.15. The van der Waals surface area contributed by atoms with Crippen LogP contribution in [0.1, 0.15) is 0 Å². The summed E-state index contributed by atoms with van der Waals surface area (Å²) in [6, 6.07) is 0. The summed E-state index contributed by atoms with van der Waals surface area (Å²) in [6.07, 6.45) is -2.65. The first kappa shape index (κ1) is 7.87. The summed E-state index contributed by atoms with van der Waals surface area (Å²) in [4.78, 5) is 0. The van der Waals surface area contributed by atoms with E-state index in [2.05, 4.69) is 4.74 Å². The minimum absolute atomic E-state index is 0.493. The van der Waals surface area contributed by atoms with Gasteiger partial charge in [-0.15, -0.1) is 0 Å². The van der Waals surface area contributed by atoms with Crippen LogP contribution in [0.25, 0.3) is 0 Å². The number of aliphatic hydroxyl groups excluding tert-OH is 2. The van der Waals surface area contributed by atoms with Gasteiger partial charge in [0.2, 0.25) is 0 Å². The van der Waals surface area contributed by atoms with Gasteiger partial charge in [-0.3, -0.25) is 0 Å². The van der Waals surface area contributed by atoms with E-state index < -0.39 is 31.3 Å². The van der Waals surface area contributed by atoms with Crippen LogP contribution in [-0.2, 0) is 4.74 Å². The number of hydrogen-bond donors (Lipinski definition) is 3. The fourth-order valence-electron chi connectivity index (χ4n) is 0.838. The first-order valence-electron chi connectivity index (χ1n) is 2.90. The molecule has 1 fully saturated rings. The molecule has 10 heavy (non-hydrogen) atoms. The van der Waals surface area contributed by atoms with Crippen LogP contribution in [0, 0.1) is 0 Å². The summed E-state index contributed by atoms with van der Waals surface area (Å²) < 4.78 is 17.0. The summed E-state index contributed by atoms with van der Waals surface area (Å²) in [5.41, 5.74) is 0. The van der Waals surface area contributed by atoms with Crippen LogP contribution in [0.5, 0.6) is 0 Å². The van der Waals surface area contributed by atoms with E-state index in [-0.39, 0.29) is 0 Å². The van der Waals surface area contributed by atoms with E-state index >= 15 is 0 Å². The zero-order valence-corrected chi connectivity index (χ0v) is 5.20. The van der Waals surface area contributed by atoms with E-state index in [9.17, 15) is 4.39 Å². The van der Waals surface area contributed by atoms with Crippen molar-refractivity contribution in [3.8, 4) is 0 Å². The largest absolute Gasteiger partial charge is 0.394 e. The van der Waals surface area contributed by atoms with E-state index in [0.717, 1.165) is 0 Å². The van der Waals surface area contributed by atoms with Gasteiger partial charge in [0.05, 0.1) is 6.61 Å². The highest BCUT2D eigenvalue weighted by Gasteiger charge is 2.48. The van der Waals surface area contributed by atoms with Crippen LogP contribution in [0.3, 0.4) is 0 Å². The molecule has 0 aliphatic carbocycles. The van der Waals surface area contributed by atoms with Gasteiger partial charge in [-0.2, -0.15) is 0 Å². The molecule has 0 saturated carbocycles. The standard InChI is InChI=1S/C5H9FO4/c6-5(9)2-10-3(1-7)4(5)8/h3-4,7-9H,1-2H2/t3-,4-,5+/m1/s1. The summed E-state index contributed by atoms with van der Waals surface area (Å²) >= 11 is 0. The average molecular weight is 152 g/mol. The Morgan fingerprint density at radius 1 is 1.70 bits per heavy atom. The van der Waals surface area contributed by atoms with E-state index in [1.807, 2.05) is 0 Å². The Kier molecular flexibility index (Phi) is 1.91. The fraction of sp³-hybridized carbons (Fsp3) is 1.00. The van der Waals surface area contributed by atoms with Crippen molar-refractivity contribution in [2.24, 2.45) is 0 Å². The van der Waals surface area contributed by atoms with Crippen molar-refractivity contribution in [3.05, 3.63) is 0 Å². The van der Waals surface area contributed by atoms with Gasteiger partial charge >= 0.3 is 0 Å². The molecule has 60 valence electrons. The fourth-order valence-corrected chi connectivity index (χ4v) is 0.838. The van der Waals surface area contributed by atoms with Crippen LogP contribution in [-0.4, -0.2) is 46.6 Å². The molecule has 0 amide bonds. The van der Waals surface area contributed by atoms with Gasteiger partial charge in [-0.1, -0.05) is 0 Å². The predicted octanol–water partition coefficient (Wildman–Crippen LogP) is -1.60. The van der Waals surface area contributed by atoms with Crippen molar-refractivity contribution in [1.29, 1.82) is 0 Å². The summed E-state index contributed by atoms with van der Waals surface area (Å²) in [5, 5.41) is 25.8. The third-order valence-corrected chi connectivity index (χ3v) is 1.49. The van der Waals surface area contributed by atoms with E-state index in [1.54, 1.807) is 0 Å². The second-order valence-corrected chi connectivity index (χ2v) is 2.30. The van der Waals surface area contributed by atoms with Gasteiger partial charge in [-0.05, 0) is 0 Å². The van der Waals surface area contributed by atoms with Crippen LogP contribution < -0.4 is 0 Å². The molecule has 1 heterocycles. The monoisotopic (exact) mass is 152 g/mol. The molecule has 1 aliphatic rings. The first-order chi connectivity index (χ1) is 4.58. The molecular formula is C5H9FO4. The molecule has 1 rings (SSSR count). The summed E-state index contributed by atoms with van der Waals surface area (Å²) in [7, 11) is 0. The Bertz CT molecular complexity index is 127. The molecule has 3 N–H and O–H groups in total. The molecule has 0 radical (unpaired) electrons. The second kappa shape index (κ2) is 2.43. The molecule has 0 bridgehead atoms. The second-order valence-electron chi connectivity index (χ2n) is 2.30. The maximum absolute atomic E-state index is 12.5. The van der Waals surface area contributed by atoms with Gasteiger partial charge in [0.1, 0.15) is 18.8 Å². The minimum atomic E-state index is -2.70. The van der Waals surface area contributed by atoms with Gasteiger partial charge in [0.25, 0.3) is 5.85 Å². The Morgan fingerprint density at radius 3 is 2.50 bits per heavy atom. The highest BCUT2D eigenvalue weighted by molar-refractivity contribution is 4.88. The van der Waals surface area contributed by atoms with Crippen molar-refractivity contribution >= 4 is 0 Å². The third kappa shape index (κ3) is 1.13. The van der Waals surface area contributed by atoms with Crippen molar-refractivity contribution in [2.45, 2.75) is 18.1 Å². The number of alkyl halides is 1. The molecule has 4 nitrogen and oxygen atoms in total. The normalized spacial score (nSPS) is 48.0. The molecule has 3 atom stereocenters. The van der Waals surface area contributed by atoms with Crippen molar-refractivity contribution < 1.29 is 24.4 Å². The molecule has 0 aromatic rings. The van der Waals surface area contributed by atoms with Crippen LogP contribution >= 0.6 is 0 Å². The number of ether oxygens (including phenoxy) is 1. The van der Waals surface area contributed by atoms with Gasteiger partial charge in [-0.25, -0.2) is 4.39 Å². The lowest BCUT2D eigenvalue weighted by molar-refractivity contribution is -0.147. The maximum Gasteiger partial charge on any atom is 0.259 e. The van der Waals surface area contributed by atoms with Crippen molar-refractivity contribution in [3.63, 3.8) is 0 Å². The maximum atomic E-state index is 12.5. The molecule has 5 heteroatoms. The predicted molar refractivity (Wildman–Crippen MR) is 28.9 cm³/mol. The number of aliphatic hydroxyl groups is 3. The lowest BCUT2D eigenvalue weighted by Crippen LogP contribution is -2.40. The smallest absolute Gasteiger partial charge is 0.259 e. The molecule has 0 unspecified atom stereocenters. The zero-order chi connectivity index (χ0) is 7.78. The van der Waals surface area contributed by atoms with E-state index in [1.165, 1.54) is 0 Å². The molecular weight excluding hydrogens is 143 g/mol. The lowest BCUT2D eigenvalue weighted by atomic mass is 10.1.